The number of hydrogen-bond donors (Lipinski definition) is 4. The zero-order valence-corrected chi connectivity index (χ0v) is 21.1. The van der Waals surface area contributed by atoms with E-state index in [0.717, 1.165) is 37.6 Å². The van der Waals surface area contributed by atoms with Gasteiger partial charge in [-0.3, -0.25) is 4.79 Å². The maximum absolute atomic E-state index is 11.5. The van der Waals surface area contributed by atoms with E-state index >= 15 is 0 Å². The van der Waals surface area contributed by atoms with Crippen molar-refractivity contribution < 1.29 is 27.9 Å². The number of nitrogens with zero attached hydrogens (tertiary/aromatic N) is 4. The van der Waals surface area contributed by atoms with Crippen LogP contribution < -0.4 is 20.9 Å². The Balaban J connectivity index is 0.000000532. The van der Waals surface area contributed by atoms with Gasteiger partial charge < -0.3 is 30.9 Å². The van der Waals surface area contributed by atoms with E-state index in [4.69, 9.17) is 9.90 Å². The van der Waals surface area contributed by atoms with E-state index in [9.17, 15) is 18.0 Å². The standard InChI is InChI=1S/C24H27N7O.C2HF3O2/c1-3-23(32)27-20-6-4-5-19(17-20)26-22-11-12-25-24(29-22)28-18-7-9-21(10-8-18)31-15-13-30(2)14-16-31;3-2(4,5)1(6)7/h3-12,17H,1,13-16H2,2H3,(H,27,32)(H2,25,26,28,29);(H,6,7). The van der Waals surface area contributed by atoms with Gasteiger partial charge in [0, 0.05) is 55.1 Å². The van der Waals surface area contributed by atoms with Crippen LogP contribution >= 0.6 is 0 Å². The number of carbonyl (C=O) groups is 2. The van der Waals surface area contributed by atoms with Crippen molar-refractivity contribution in [2.75, 3.05) is 54.1 Å². The average Bonchev–Trinajstić information content (AvgIpc) is 2.90. The Kier molecular flexibility index (Phi) is 9.81. The quantitative estimate of drug-likeness (QED) is 0.320. The SMILES string of the molecule is C=CC(=O)Nc1cccc(Nc2ccnc(Nc3ccc(N4CCN(C)CC4)cc3)n2)c1.O=C(O)C(F)(F)F. The summed E-state index contributed by atoms with van der Waals surface area (Å²) in [6, 6.07) is 17.5. The Morgan fingerprint density at radius 3 is 2.23 bits per heavy atom. The minimum atomic E-state index is -5.08. The fraction of sp³-hybridized carbons (Fsp3) is 0.231. The highest BCUT2D eigenvalue weighted by Crippen LogP contribution is 2.23. The van der Waals surface area contributed by atoms with Crippen molar-refractivity contribution in [3.63, 3.8) is 0 Å². The van der Waals surface area contributed by atoms with E-state index < -0.39 is 12.1 Å². The summed E-state index contributed by atoms with van der Waals surface area (Å²) in [6.07, 6.45) is -2.15. The molecule has 13 heteroatoms. The molecular weight excluding hydrogens is 515 g/mol. The first-order valence-corrected chi connectivity index (χ1v) is 11.8. The van der Waals surface area contributed by atoms with Crippen molar-refractivity contribution in [1.29, 1.82) is 0 Å². The Labute approximate surface area is 223 Å². The number of hydrogen-bond acceptors (Lipinski definition) is 8. The summed E-state index contributed by atoms with van der Waals surface area (Å²) < 4.78 is 31.7. The van der Waals surface area contributed by atoms with Crippen LogP contribution in [0.25, 0.3) is 0 Å². The minimum Gasteiger partial charge on any atom is -0.475 e. The van der Waals surface area contributed by atoms with E-state index in [-0.39, 0.29) is 5.91 Å². The number of aromatic nitrogens is 2. The summed E-state index contributed by atoms with van der Waals surface area (Å²) in [5.41, 5.74) is 3.62. The van der Waals surface area contributed by atoms with Gasteiger partial charge in [0.2, 0.25) is 11.9 Å². The van der Waals surface area contributed by atoms with Crippen LogP contribution in [0.1, 0.15) is 0 Å². The highest BCUT2D eigenvalue weighted by molar-refractivity contribution is 5.99. The predicted octanol–water partition coefficient (Wildman–Crippen LogP) is 4.47. The van der Waals surface area contributed by atoms with Gasteiger partial charge in [0.05, 0.1) is 0 Å². The van der Waals surface area contributed by atoms with E-state index in [1.807, 2.05) is 36.4 Å². The summed E-state index contributed by atoms with van der Waals surface area (Å²) in [5.74, 6) is -1.87. The van der Waals surface area contributed by atoms with Crippen LogP contribution in [0.2, 0.25) is 0 Å². The zero-order chi connectivity index (χ0) is 28.4. The molecule has 0 radical (unpaired) electrons. The fourth-order valence-corrected chi connectivity index (χ4v) is 3.45. The normalized spacial score (nSPS) is 13.5. The van der Waals surface area contributed by atoms with Crippen molar-refractivity contribution in [2.24, 2.45) is 0 Å². The molecule has 1 aliphatic rings. The van der Waals surface area contributed by atoms with Gasteiger partial charge in [-0.1, -0.05) is 12.6 Å². The first-order valence-electron chi connectivity index (χ1n) is 11.8. The number of benzene rings is 2. The third-order valence-electron chi connectivity index (χ3n) is 5.48. The number of amides is 1. The number of rotatable bonds is 7. The van der Waals surface area contributed by atoms with Crippen LogP contribution in [0.3, 0.4) is 0 Å². The second kappa shape index (κ2) is 13.2. The van der Waals surface area contributed by atoms with Crippen LogP contribution in [-0.4, -0.2) is 71.3 Å². The summed E-state index contributed by atoms with van der Waals surface area (Å²) in [5, 5.41) is 16.4. The zero-order valence-electron chi connectivity index (χ0n) is 21.1. The van der Waals surface area contributed by atoms with E-state index in [1.54, 1.807) is 12.3 Å². The van der Waals surface area contributed by atoms with Crippen molar-refractivity contribution in [1.82, 2.24) is 14.9 Å². The van der Waals surface area contributed by atoms with Crippen LogP contribution in [0.15, 0.2) is 73.4 Å². The molecule has 0 spiro atoms. The number of anilines is 6. The van der Waals surface area contributed by atoms with E-state index in [2.05, 4.69) is 61.5 Å². The number of aliphatic carboxylic acids is 1. The molecule has 0 aliphatic carbocycles. The molecule has 4 rings (SSSR count). The summed E-state index contributed by atoms with van der Waals surface area (Å²) >= 11 is 0. The monoisotopic (exact) mass is 543 g/mol. The van der Waals surface area contributed by atoms with Gasteiger partial charge >= 0.3 is 12.1 Å². The number of piperazine rings is 1. The lowest BCUT2D eigenvalue weighted by Crippen LogP contribution is -2.44. The van der Waals surface area contributed by atoms with Crippen LogP contribution in [0.5, 0.6) is 0 Å². The van der Waals surface area contributed by atoms with Gasteiger partial charge in [0.25, 0.3) is 0 Å². The molecule has 1 fully saturated rings. The lowest BCUT2D eigenvalue weighted by molar-refractivity contribution is -0.192. The molecule has 1 amide bonds. The molecule has 2 heterocycles. The first kappa shape index (κ1) is 28.9. The molecule has 206 valence electrons. The molecule has 3 aromatic rings. The number of carbonyl (C=O) groups excluding carboxylic acids is 1. The van der Waals surface area contributed by atoms with Gasteiger partial charge in [0.1, 0.15) is 5.82 Å². The second-order valence-electron chi connectivity index (χ2n) is 8.43. The molecule has 0 saturated carbocycles. The average molecular weight is 544 g/mol. The molecule has 1 saturated heterocycles. The lowest BCUT2D eigenvalue weighted by atomic mass is 10.2. The molecule has 0 bridgehead atoms. The second-order valence-corrected chi connectivity index (χ2v) is 8.43. The number of likely N-dealkylation sites (N-methyl/N-ethyl adjacent to an activating group) is 1. The minimum absolute atomic E-state index is 0.255. The summed E-state index contributed by atoms with van der Waals surface area (Å²) in [4.78, 5) is 34.0. The molecule has 0 unspecified atom stereocenters. The molecule has 10 nitrogen and oxygen atoms in total. The van der Waals surface area contributed by atoms with Crippen LogP contribution in [0.4, 0.5) is 47.7 Å². The Morgan fingerprint density at radius 2 is 1.62 bits per heavy atom. The summed E-state index contributed by atoms with van der Waals surface area (Å²) in [6.45, 7) is 7.71. The van der Waals surface area contributed by atoms with Gasteiger partial charge in [-0.25, -0.2) is 9.78 Å². The Hall–Kier alpha value is -4.65. The smallest absolute Gasteiger partial charge is 0.475 e. The maximum Gasteiger partial charge on any atom is 0.490 e. The molecule has 0 atom stereocenters. The highest BCUT2D eigenvalue weighted by atomic mass is 19.4. The van der Waals surface area contributed by atoms with Crippen molar-refractivity contribution in [2.45, 2.75) is 6.18 Å². The number of halogens is 3. The number of carboxylic acids is 1. The van der Waals surface area contributed by atoms with Gasteiger partial charge in [-0.2, -0.15) is 18.2 Å². The largest absolute Gasteiger partial charge is 0.490 e. The van der Waals surface area contributed by atoms with Crippen molar-refractivity contribution >= 4 is 46.4 Å². The van der Waals surface area contributed by atoms with Crippen molar-refractivity contribution in [3.05, 3.63) is 73.4 Å². The molecule has 4 N–H and O–H groups in total. The van der Waals surface area contributed by atoms with Crippen molar-refractivity contribution in [3.8, 4) is 0 Å². The van der Waals surface area contributed by atoms with Gasteiger partial charge in [0.15, 0.2) is 0 Å². The number of nitrogens with one attached hydrogen (secondary N) is 3. The lowest BCUT2D eigenvalue weighted by Gasteiger charge is -2.34. The van der Waals surface area contributed by atoms with Crippen LogP contribution in [-0.2, 0) is 9.59 Å². The Bertz CT molecular complexity index is 1280. The summed E-state index contributed by atoms with van der Waals surface area (Å²) in [7, 11) is 2.16. The third-order valence-corrected chi connectivity index (χ3v) is 5.48. The van der Waals surface area contributed by atoms with E-state index in [1.165, 1.54) is 11.8 Å². The molecule has 39 heavy (non-hydrogen) atoms. The topological polar surface area (TPSA) is 123 Å². The highest BCUT2D eigenvalue weighted by Gasteiger charge is 2.38. The fourth-order valence-electron chi connectivity index (χ4n) is 3.45. The first-order chi connectivity index (χ1) is 18.5. The molecule has 1 aromatic heterocycles. The maximum atomic E-state index is 11.5. The predicted molar refractivity (Wildman–Crippen MR) is 144 cm³/mol. The third kappa shape index (κ3) is 9.31. The number of alkyl halides is 3. The van der Waals surface area contributed by atoms with Crippen LogP contribution in [0, 0.1) is 0 Å². The molecule has 1 aliphatic heterocycles. The van der Waals surface area contributed by atoms with E-state index in [0.29, 0.717) is 17.5 Å². The van der Waals surface area contributed by atoms with Gasteiger partial charge in [-0.05, 0) is 61.7 Å². The van der Waals surface area contributed by atoms with Gasteiger partial charge in [-0.15, -0.1) is 0 Å². The number of carboxylic acid groups (broad SMARTS) is 1. The molecular formula is C26H28F3N7O3. The Morgan fingerprint density at radius 1 is 0.974 bits per heavy atom. The molecule has 2 aromatic carbocycles.